The van der Waals surface area contributed by atoms with Crippen molar-refractivity contribution in [2.75, 3.05) is 11.4 Å². The second-order valence-corrected chi connectivity index (χ2v) is 5.73. The lowest BCUT2D eigenvalue weighted by molar-refractivity contribution is -0.117. The van der Waals surface area contributed by atoms with E-state index < -0.39 is 5.97 Å². The van der Waals surface area contributed by atoms with E-state index in [-0.39, 0.29) is 12.5 Å². The molecule has 23 heavy (non-hydrogen) atoms. The van der Waals surface area contributed by atoms with Crippen LogP contribution in [0.4, 0.5) is 5.69 Å². The highest BCUT2D eigenvalue weighted by atomic mass is 35.5. The molecule has 0 bridgehead atoms. The van der Waals surface area contributed by atoms with E-state index in [2.05, 4.69) is 5.16 Å². The van der Waals surface area contributed by atoms with Crippen molar-refractivity contribution in [3.05, 3.63) is 46.3 Å². The number of esters is 1. The van der Waals surface area contributed by atoms with Crippen molar-refractivity contribution >= 4 is 29.2 Å². The van der Waals surface area contributed by atoms with Gasteiger partial charge >= 0.3 is 5.97 Å². The molecule has 6 nitrogen and oxygen atoms in total. The second kappa shape index (κ2) is 6.42. The maximum atomic E-state index is 12.2. The first kappa shape index (κ1) is 15.6. The number of hydrogen-bond donors (Lipinski definition) is 0. The first-order valence-corrected chi connectivity index (χ1v) is 7.61. The second-order valence-electron chi connectivity index (χ2n) is 5.33. The van der Waals surface area contributed by atoms with E-state index in [1.165, 1.54) is 0 Å². The molecule has 0 unspecified atom stereocenters. The van der Waals surface area contributed by atoms with E-state index >= 15 is 0 Å². The fraction of sp³-hybridized carbons (Fsp3) is 0.312. The Labute approximate surface area is 138 Å². The minimum absolute atomic E-state index is 0.000276. The summed E-state index contributed by atoms with van der Waals surface area (Å²) >= 11 is 6.15. The van der Waals surface area contributed by atoms with Crippen LogP contribution in [0.1, 0.15) is 34.7 Å². The van der Waals surface area contributed by atoms with Gasteiger partial charge in [0.25, 0.3) is 0 Å². The van der Waals surface area contributed by atoms with Crippen molar-refractivity contribution in [3.8, 4) is 0 Å². The number of anilines is 1. The van der Waals surface area contributed by atoms with E-state index in [0.717, 1.165) is 12.1 Å². The molecule has 3 rings (SSSR count). The van der Waals surface area contributed by atoms with Crippen LogP contribution in [0.3, 0.4) is 0 Å². The van der Waals surface area contributed by atoms with Crippen LogP contribution in [-0.4, -0.2) is 23.6 Å². The Balaban J connectivity index is 1.74. The summed E-state index contributed by atoms with van der Waals surface area (Å²) in [7, 11) is 0. The Hall–Kier alpha value is -2.34. The summed E-state index contributed by atoms with van der Waals surface area (Å²) in [6.45, 7) is 2.39. The lowest BCUT2D eigenvalue weighted by Crippen LogP contribution is -2.24. The largest absolute Gasteiger partial charge is 0.454 e. The summed E-state index contributed by atoms with van der Waals surface area (Å²) < 4.78 is 10.2. The SMILES string of the molecule is Cc1cc(COC(=O)c2ccc(Cl)c(N3CCCC3=O)c2)on1. The molecule has 1 aromatic heterocycles. The van der Waals surface area contributed by atoms with Crippen LogP contribution in [0, 0.1) is 6.92 Å². The highest BCUT2D eigenvalue weighted by Gasteiger charge is 2.24. The molecule has 0 N–H and O–H groups in total. The Morgan fingerprint density at radius 1 is 1.43 bits per heavy atom. The molecule has 0 atom stereocenters. The zero-order valence-electron chi connectivity index (χ0n) is 12.5. The summed E-state index contributed by atoms with van der Waals surface area (Å²) in [6.07, 6.45) is 1.28. The van der Waals surface area contributed by atoms with Crippen molar-refractivity contribution in [3.63, 3.8) is 0 Å². The third-order valence-electron chi connectivity index (χ3n) is 3.57. The molecule has 1 aliphatic heterocycles. The van der Waals surface area contributed by atoms with E-state index in [1.54, 1.807) is 36.1 Å². The van der Waals surface area contributed by atoms with Gasteiger partial charge in [0.05, 0.1) is 22.0 Å². The zero-order valence-corrected chi connectivity index (χ0v) is 13.3. The first-order valence-electron chi connectivity index (χ1n) is 7.24. The number of hydrogen-bond acceptors (Lipinski definition) is 5. The van der Waals surface area contributed by atoms with E-state index in [4.69, 9.17) is 20.9 Å². The zero-order chi connectivity index (χ0) is 16.4. The summed E-state index contributed by atoms with van der Waals surface area (Å²) in [5, 5.41) is 4.16. The van der Waals surface area contributed by atoms with Gasteiger partial charge in [-0.3, -0.25) is 4.79 Å². The van der Waals surface area contributed by atoms with Gasteiger partial charge in [0.15, 0.2) is 12.4 Å². The van der Waals surface area contributed by atoms with Crippen molar-refractivity contribution in [2.24, 2.45) is 0 Å². The molecule has 0 radical (unpaired) electrons. The molecule has 7 heteroatoms. The summed E-state index contributed by atoms with van der Waals surface area (Å²) in [5.74, 6) is -0.0297. The first-order chi connectivity index (χ1) is 11.0. The summed E-state index contributed by atoms with van der Waals surface area (Å²) in [5.41, 5.74) is 1.59. The molecule has 1 saturated heterocycles. The third kappa shape index (κ3) is 3.37. The number of aromatic nitrogens is 1. The van der Waals surface area contributed by atoms with E-state index in [1.807, 2.05) is 0 Å². The molecule has 0 spiro atoms. The molecule has 0 aliphatic carbocycles. The van der Waals surface area contributed by atoms with Crippen LogP contribution in [0.5, 0.6) is 0 Å². The van der Waals surface area contributed by atoms with Gasteiger partial charge in [-0.2, -0.15) is 0 Å². The lowest BCUT2D eigenvalue weighted by atomic mass is 10.2. The molecule has 1 aliphatic rings. The van der Waals surface area contributed by atoms with Crippen LogP contribution in [0.15, 0.2) is 28.8 Å². The highest BCUT2D eigenvalue weighted by Crippen LogP contribution is 2.30. The maximum Gasteiger partial charge on any atom is 0.338 e. The lowest BCUT2D eigenvalue weighted by Gasteiger charge is -2.18. The number of benzene rings is 1. The number of ether oxygens (including phenoxy) is 1. The van der Waals surface area contributed by atoms with Crippen molar-refractivity contribution < 1.29 is 18.8 Å². The van der Waals surface area contributed by atoms with Gasteiger partial charge in [-0.15, -0.1) is 0 Å². The van der Waals surface area contributed by atoms with Gasteiger partial charge in [-0.25, -0.2) is 4.79 Å². The van der Waals surface area contributed by atoms with Crippen LogP contribution < -0.4 is 4.90 Å². The van der Waals surface area contributed by atoms with E-state index in [0.29, 0.717) is 35.0 Å². The number of amides is 1. The summed E-state index contributed by atoms with van der Waals surface area (Å²) in [6, 6.07) is 6.45. The number of carbonyl (C=O) groups is 2. The van der Waals surface area contributed by atoms with Gasteiger partial charge in [0.1, 0.15) is 0 Å². The molecule has 1 aromatic carbocycles. The number of aryl methyl sites for hydroxylation is 1. The predicted octanol–water partition coefficient (Wildman–Crippen LogP) is 3.12. The summed E-state index contributed by atoms with van der Waals surface area (Å²) in [4.78, 5) is 25.6. The number of nitrogens with zero attached hydrogens (tertiary/aromatic N) is 2. The van der Waals surface area contributed by atoms with Crippen LogP contribution in [-0.2, 0) is 16.1 Å². The molecular weight excluding hydrogens is 320 g/mol. The Morgan fingerprint density at radius 3 is 2.91 bits per heavy atom. The number of carbonyl (C=O) groups excluding carboxylic acids is 2. The number of rotatable bonds is 4. The molecule has 2 heterocycles. The highest BCUT2D eigenvalue weighted by molar-refractivity contribution is 6.34. The minimum atomic E-state index is -0.511. The fourth-order valence-electron chi connectivity index (χ4n) is 2.45. The molecule has 1 fully saturated rings. The quantitative estimate of drug-likeness (QED) is 0.803. The standard InChI is InChI=1S/C16H15ClN2O4/c1-10-7-12(23-18-10)9-22-16(21)11-4-5-13(17)14(8-11)19-6-2-3-15(19)20/h4-5,7-8H,2-3,6,9H2,1H3. The monoisotopic (exact) mass is 334 g/mol. The normalized spacial score (nSPS) is 14.3. The topological polar surface area (TPSA) is 72.6 Å². The fourth-order valence-corrected chi connectivity index (χ4v) is 2.67. The molecular formula is C16H15ClN2O4. The molecule has 1 amide bonds. The Morgan fingerprint density at radius 2 is 2.26 bits per heavy atom. The van der Waals surface area contributed by atoms with Crippen molar-refractivity contribution in [1.82, 2.24) is 5.16 Å². The van der Waals surface area contributed by atoms with Gasteiger partial charge in [-0.05, 0) is 31.5 Å². The van der Waals surface area contributed by atoms with E-state index in [9.17, 15) is 9.59 Å². The van der Waals surface area contributed by atoms with Gasteiger partial charge < -0.3 is 14.2 Å². The third-order valence-corrected chi connectivity index (χ3v) is 3.89. The van der Waals surface area contributed by atoms with Crippen molar-refractivity contribution in [2.45, 2.75) is 26.4 Å². The minimum Gasteiger partial charge on any atom is -0.454 e. The number of halogens is 1. The average Bonchev–Trinajstić information content (AvgIpc) is 3.14. The smallest absolute Gasteiger partial charge is 0.338 e. The average molecular weight is 335 g/mol. The van der Waals surface area contributed by atoms with Crippen molar-refractivity contribution in [1.29, 1.82) is 0 Å². The van der Waals surface area contributed by atoms with Crippen LogP contribution in [0.2, 0.25) is 5.02 Å². The van der Waals surface area contributed by atoms with Crippen LogP contribution in [0.25, 0.3) is 0 Å². The molecule has 120 valence electrons. The Kier molecular flexibility index (Phi) is 4.34. The van der Waals surface area contributed by atoms with Gasteiger partial charge in [-0.1, -0.05) is 16.8 Å². The van der Waals surface area contributed by atoms with Gasteiger partial charge in [0.2, 0.25) is 5.91 Å². The van der Waals surface area contributed by atoms with Crippen LogP contribution >= 0.6 is 11.6 Å². The molecule has 0 saturated carbocycles. The van der Waals surface area contributed by atoms with Gasteiger partial charge in [0, 0.05) is 19.0 Å². The maximum absolute atomic E-state index is 12.2. The Bertz CT molecular complexity index is 756. The predicted molar refractivity (Wildman–Crippen MR) is 83.4 cm³/mol. The molecule has 2 aromatic rings.